The maximum Gasteiger partial charge on any atom is 0.0594 e. The minimum absolute atomic E-state index is 0.0373. The van der Waals surface area contributed by atoms with Gasteiger partial charge in [-0.05, 0) is 115 Å². The van der Waals surface area contributed by atoms with E-state index in [0.29, 0.717) is 22.2 Å². The van der Waals surface area contributed by atoms with Crippen LogP contribution in [0.15, 0.2) is 22.8 Å². The summed E-state index contributed by atoms with van der Waals surface area (Å²) in [6.07, 6.45) is 13.9. The molecule has 0 aromatic rings. The van der Waals surface area contributed by atoms with Gasteiger partial charge in [0.25, 0.3) is 0 Å². The molecule has 0 bridgehead atoms. The maximum atomic E-state index is 10.8. The summed E-state index contributed by atoms with van der Waals surface area (Å²) in [6.45, 7) is 21.2. The molecule has 0 aromatic carbocycles. The summed E-state index contributed by atoms with van der Waals surface area (Å²) in [5, 5.41) is 10.8. The van der Waals surface area contributed by atoms with Crippen molar-refractivity contribution in [2.45, 2.75) is 112 Å². The van der Waals surface area contributed by atoms with Gasteiger partial charge in [-0.2, -0.15) is 0 Å². The van der Waals surface area contributed by atoms with E-state index in [9.17, 15) is 5.11 Å². The molecule has 2 fully saturated rings. The van der Waals surface area contributed by atoms with Gasteiger partial charge < -0.3 is 10.0 Å². The van der Waals surface area contributed by atoms with Crippen molar-refractivity contribution in [3.63, 3.8) is 0 Å². The van der Waals surface area contributed by atoms with E-state index >= 15 is 0 Å². The van der Waals surface area contributed by atoms with Gasteiger partial charge in [-0.1, -0.05) is 60.1 Å². The van der Waals surface area contributed by atoms with Crippen LogP contribution < -0.4 is 0 Å². The molecule has 1 aliphatic heterocycles. The Morgan fingerprint density at radius 1 is 1.00 bits per heavy atom. The van der Waals surface area contributed by atoms with Crippen molar-refractivity contribution in [1.82, 2.24) is 4.90 Å². The Kier molecular flexibility index (Phi) is 5.81. The Morgan fingerprint density at radius 2 is 1.76 bits per heavy atom. The Labute approximate surface area is 204 Å². The number of rotatable bonds is 3. The molecule has 2 nitrogen and oxygen atoms in total. The van der Waals surface area contributed by atoms with E-state index in [1.54, 1.807) is 16.7 Å². The molecule has 1 N–H and O–H groups in total. The number of fused-ring (bicyclic) bond motifs is 4. The van der Waals surface area contributed by atoms with E-state index in [-0.39, 0.29) is 11.5 Å². The smallest absolute Gasteiger partial charge is 0.0594 e. The lowest BCUT2D eigenvalue weighted by Crippen LogP contribution is -2.53. The third kappa shape index (κ3) is 3.72. The Bertz CT molecular complexity index is 849. The summed E-state index contributed by atoms with van der Waals surface area (Å²) in [7, 11) is 0. The average Bonchev–Trinajstić information content (AvgIpc) is 3.08. The third-order valence-electron chi connectivity index (χ3n) is 11.6. The minimum atomic E-state index is -0.137. The van der Waals surface area contributed by atoms with Crippen LogP contribution in [0.25, 0.3) is 0 Å². The molecule has 0 amide bonds. The van der Waals surface area contributed by atoms with Gasteiger partial charge >= 0.3 is 0 Å². The number of aliphatic hydroxyl groups is 1. The summed E-state index contributed by atoms with van der Waals surface area (Å²) in [6, 6.07) is 0. The zero-order valence-electron chi connectivity index (χ0n) is 22.8. The van der Waals surface area contributed by atoms with Gasteiger partial charge in [0.05, 0.1) is 6.10 Å². The highest BCUT2D eigenvalue weighted by Crippen LogP contribution is 2.66. The third-order valence-corrected chi connectivity index (χ3v) is 11.6. The van der Waals surface area contributed by atoms with Gasteiger partial charge in [0, 0.05) is 13.1 Å². The van der Waals surface area contributed by atoms with Crippen molar-refractivity contribution in [3.05, 3.63) is 22.8 Å². The lowest BCUT2D eigenvalue weighted by atomic mass is 9.46. The molecule has 5 aliphatic rings. The molecule has 6 atom stereocenters. The molecule has 186 valence electrons. The molecular weight excluding hydrogens is 402 g/mol. The van der Waals surface area contributed by atoms with Crippen LogP contribution in [-0.4, -0.2) is 35.7 Å². The van der Waals surface area contributed by atoms with Crippen LogP contribution >= 0.6 is 0 Å². The zero-order valence-corrected chi connectivity index (χ0v) is 22.8. The SMILES string of the molecule is C[C@H](CN1CCCC(C)(C)C1)[C@H]1CC=C2C3=C(CC[C@@]21C)[C@@]1(C)CCC(O)C(C)(C)C1CC3. The average molecular weight is 454 g/mol. The highest BCUT2D eigenvalue weighted by Gasteiger charge is 2.57. The van der Waals surface area contributed by atoms with E-state index in [2.05, 4.69) is 59.4 Å². The van der Waals surface area contributed by atoms with Gasteiger partial charge in [-0.25, -0.2) is 0 Å². The number of piperidine rings is 1. The molecule has 1 saturated heterocycles. The lowest BCUT2D eigenvalue weighted by molar-refractivity contribution is -0.0905. The van der Waals surface area contributed by atoms with Crippen molar-refractivity contribution in [2.24, 2.45) is 39.4 Å². The first-order valence-electron chi connectivity index (χ1n) is 14.2. The van der Waals surface area contributed by atoms with Crippen LogP contribution in [-0.2, 0) is 0 Å². The second-order valence-corrected chi connectivity index (χ2v) is 14.7. The van der Waals surface area contributed by atoms with Gasteiger partial charge in [-0.15, -0.1) is 0 Å². The summed E-state index contributed by atoms with van der Waals surface area (Å²) in [5.41, 5.74) is 6.51. The summed E-state index contributed by atoms with van der Waals surface area (Å²) < 4.78 is 0. The Morgan fingerprint density at radius 3 is 2.48 bits per heavy atom. The highest BCUT2D eigenvalue weighted by atomic mass is 16.3. The molecule has 0 aromatic heterocycles. The van der Waals surface area contributed by atoms with Crippen LogP contribution in [0.5, 0.6) is 0 Å². The first-order chi connectivity index (χ1) is 15.4. The van der Waals surface area contributed by atoms with Crippen LogP contribution in [0.3, 0.4) is 0 Å². The summed E-state index contributed by atoms with van der Waals surface area (Å²) in [5.74, 6) is 2.17. The monoisotopic (exact) mass is 453 g/mol. The van der Waals surface area contributed by atoms with Crippen molar-refractivity contribution < 1.29 is 5.11 Å². The molecule has 1 heterocycles. The van der Waals surface area contributed by atoms with Crippen molar-refractivity contribution in [1.29, 1.82) is 0 Å². The van der Waals surface area contributed by atoms with Crippen LogP contribution in [0.2, 0.25) is 0 Å². The van der Waals surface area contributed by atoms with Crippen molar-refractivity contribution in [2.75, 3.05) is 19.6 Å². The predicted octanol–water partition coefficient (Wildman–Crippen LogP) is 7.38. The highest BCUT2D eigenvalue weighted by molar-refractivity contribution is 5.49. The molecule has 0 spiro atoms. The second-order valence-electron chi connectivity index (χ2n) is 14.7. The number of nitrogens with zero attached hydrogens (tertiary/aromatic N) is 1. The fourth-order valence-corrected chi connectivity index (χ4v) is 9.81. The molecule has 5 rings (SSSR count). The number of aliphatic hydroxyl groups excluding tert-OH is 1. The van der Waals surface area contributed by atoms with Crippen LogP contribution in [0, 0.1) is 39.4 Å². The van der Waals surface area contributed by atoms with Crippen molar-refractivity contribution >= 4 is 0 Å². The molecule has 0 radical (unpaired) electrons. The van der Waals surface area contributed by atoms with E-state index in [1.165, 1.54) is 71.0 Å². The maximum absolute atomic E-state index is 10.8. The van der Waals surface area contributed by atoms with Crippen LogP contribution in [0.4, 0.5) is 0 Å². The van der Waals surface area contributed by atoms with Gasteiger partial charge in [-0.3, -0.25) is 0 Å². The molecule has 4 aliphatic carbocycles. The normalized spacial score (nSPS) is 43.4. The molecule has 1 saturated carbocycles. The number of hydrogen-bond acceptors (Lipinski definition) is 2. The van der Waals surface area contributed by atoms with E-state index in [1.807, 2.05) is 0 Å². The fourth-order valence-electron chi connectivity index (χ4n) is 9.81. The van der Waals surface area contributed by atoms with E-state index in [0.717, 1.165) is 18.3 Å². The summed E-state index contributed by atoms with van der Waals surface area (Å²) >= 11 is 0. The Balaban J connectivity index is 1.37. The van der Waals surface area contributed by atoms with E-state index in [4.69, 9.17) is 0 Å². The minimum Gasteiger partial charge on any atom is -0.393 e. The topological polar surface area (TPSA) is 23.5 Å². The largest absolute Gasteiger partial charge is 0.393 e. The summed E-state index contributed by atoms with van der Waals surface area (Å²) in [4.78, 5) is 2.78. The first kappa shape index (κ1) is 24.1. The lowest BCUT2D eigenvalue weighted by Gasteiger charge is -2.59. The molecule has 33 heavy (non-hydrogen) atoms. The van der Waals surface area contributed by atoms with Gasteiger partial charge in [0.1, 0.15) is 0 Å². The standard InChI is InChI=1S/C31H51NO/c1-21(19-32-18-8-15-28(2,3)20-32)23-10-11-24-22-9-12-26-29(4,5)27(33)14-17-31(26,7)25(22)13-16-30(23,24)6/h11,21,23,26-27,33H,8-10,12-20H2,1-7H3/t21-,23-,26?,27?,30-,31-/m1/s1. The number of allylic oxidation sites excluding steroid dienone is 4. The fraction of sp³-hybridized carbons (Fsp3) is 0.871. The molecule has 2 unspecified atom stereocenters. The second kappa shape index (κ2) is 7.95. The van der Waals surface area contributed by atoms with Gasteiger partial charge in [0.2, 0.25) is 0 Å². The number of hydrogen-bond donors (Lipinski definition) is 1. The molecule has 2 heteroatoms. The van der Waals surface area contributed by atoms with Gasteiger partial charge in [0.15, 0.2) is 0 Å². The van der Waals surface area contributed by atoms with Crippen molar-refractivity contribution in [3.8, 4) is 0 Å². The molecular formula is C31H51NO. The Hall–Kier alpha value is -0.600. The zero-order chi connectivity index (χ0) is 23.8. The quantitative estimate of drug-likeness (QED) is 0.482. The van der Waals surface area contributed by atoms with Crippen LogP contribution in [0.1, 0.15) is 106 Å². The predicted molar refractivity (Wildman–Crippen MR) is 139 cm³/mol. The first-order valence-corrected chi connectivity index (χ1v) is 14.2. The number of likely N-dealkylation sites (tertiary alicyclic amines) is 1. The van der Waals surface area contributed by atoms with E-state index < -0.39 is 0 Å².